The number of carbonyl (C=O) groups is 3. The van der Waals surface area contributed by atoms with Gasteiger partial charge in [0.2, 0.25) is 5.91 Å². The van der Waals surface area contributed by atoms with Crippen LogP contribution in [0.2, 0.25) is 0 Å². The molecule has 116 valence electrons. The number of hydrogen-bond acceptors (Lipinski definition) is 5. The first-order valence-corrected chi connectivity index (χ1v) is 7.30. The number of carboxylic acids is 2. The van der Waals surface area contributed by atoms with Crippen molar-refractivity contribution in [2.75, 3.05) is 5.32 Å². The summed E-state index contributed by atoms with van der Waals surface area (Å²) in [5.74, 6) is -3.93. The summed E-state index contributed by atoms with van der Waals surface area (Å²) in [5, 5.41) is 24.7. The van der Waals surface area contributed by atoms with Gasteiger partial charge in [-0.3, -0.25) is 4.79 Å². The fourth-order valence-electron chi connectivity index (χ4n) is 3.92. The van der Waals surface area contributed by atoms with Crippen molar-refractivity contribution in [3.05, 3.63) is 29.8 Å². The molecule has 0 heterocycles. The maximum Gasteiger partial charge on any atom is 0.228 e. The van der Waals surface area contributed by atoms with E-state index >= 15 is 0 Å². The maximum absolute atomic E-state index is 12.4. The first kappa shape index (κ1) is 14.6. The van der Waals surface area contributed by atoms with Gasteiger partial charge in [0.1, 0.15) is 0 Å². The Morgan fingerprint density at radius 3 is 2.09 bits per heavy atom. The molecule has 0 saturated heterocycles. The van der Waals surface area contributed by atoms with Gasteiger partial charge in [0, 0.05) is 23.5 Å². The van der Waals surface area contributed by atoms with Crippen molar-refractivity contribution in [2.45, 2.75) is 19.3 Å². The van der Waals surface area contributed by atoms with Gasteiger partial charge in [-0.25, -0.2) is 0 Å². The Bertz CT molecular complexity index is 624. The zero-order valence-electron chi connectivity index (χ0n) is 11.8. The highest BCUT2D eigenvalue weighted by atomic mass is 16.4. The van der Waals surface area contributed by atoms with E-state index in [9.17, 15) is 24.6 Å². The van der Waals surface area contributed by atoms with Crippen molar-refractivity contribution in [1.82, 2.24) is 0 Å². The quantitative estimate of drug-likeness (QED) is 0.798. The Hall–Kier alpha value is -2.37. The van der Waals surface area contributed by atoms with Crippen LogP contribution in [-0.4, -0.2) is 17.8 Å². The normalized spacial score (nSPS) is 29.3. The molecule has 2 fully saturated rings. The largest absolute Gasteiger partial charge is 0.550 e. The van der Waals surface area contributed by atoms with Gasteiger partial charge in [-0.05, 0) is 48.8 Å². The molecule has 22 heavy (non-hydrogen) atoms. The number of rotatable bonds is 4. The first-order valence-electron chi connectivity index (χ1n) is 7.30. The van der Waals surface area contributed by atoms with Crippen LogP contribution in [0.5, 0.6) is 0 Å². The number of carbonyl (C=O) groups excluding carboxylic acids is 3. The second kappa shape index (κ2) is 5.44. The number of aromatic carboxylic acids is 1. The second-order valence-corrected chi connectivity index (χ2v) is 6.06. The number of nitrogens with one attached hydrogen (secondary N) is 1. The predicted octanol–water partition coefficient (Wildman–Crippen LogP) is -0.599. The smallest absolute Gasteiger partial charge is 0.228 e. The zero-order chi connectivity index (χ0) is 15.9. The fourth-order valence-corrected chi connectivity index (χ4v) is 3.92. The summed E-state index contributed by atoms with van der Waals surface area (Å²) in [7, 11) is 0. The molecule has 6 nitrogen and oxygen atoms in total. The van der Waals surface area contributed by atoms with E-state index in [0.717, 1.165) is 19.3 Å². The summed E-state index contributed by atoms with van der Waals surface area (Å²) >= 11 is 0. The molecule has 0 radical (unpaired) electrons. The van der Waals surface area contributed by atoms with E-state index in [0.29, 0.717) is 5.69 Å². The minimum Gasteiger partial charge on any atom is -0.550 e. The molecule has 2 saturated carbocycles. The van der Waals surface area contributed by atoms with Gasteiger partial charge in [-0.2, -0.15) is 0 Å². The molecule has 0 spiro atoms. The topological polar surface area (TPSA) is 109 Å². The Kier molecular flexibility index (Phi) is 3.60. The van der Waals surface area contributed by atoms with Crippen LogP contribution in [0.4, 0.5) is 5.69 Å². The van der Waals surface area contributed by atoms with E-state index in [1.807, 2.05) is 0 Å². The molecule has 3 rings (SSSR count). The molecule has 4 unspecified atom stereocenters. The molecule has 2 aliphatic rings. The summed E-state index contributed by atoms with van der Waals surface area (Å²) in [5.41, 5.74) is 0.459. The van der Waals surface area contributed by atoms with E-state index in [-0.39, 0.29) is 23.3 Å². The average molecular weight is 301 g/mol. The third kappa shape index (κ3) is 2.45. The highest BCUT2D eigenvalue weighted by Crippen LogP contribution is 2.52. The van der Waals surface area contributed by atoms with Gasteiger partial charge in [-0.1, -0.05) is 12.1 Å². The third-order valence-corrected chi connectivity index (χ3v) is 4.88. The highest BCUT2D eigenvalue weighted by Gasteiger charge is 2.51. The van der Waals surface area contributed by atoms with Gasteiger partial charge in [-0.15, -0.1) is 0 Å². The number of anilines is 1. The van der Waals surface area contributed by atoms with Crippen LogP contribution in [0.15, 0.2) is 24.3 Å². The molecule has 6 heteroatoms. The molecule has 2 aliphatic carbocycles. The number of aliphatic carboxylic acids is 1. The van der Waals surface area contributed by atoms with E-state index in [2.05, 4.69) is 5.32 Å². The minimum absolute atomic E-state index is 0.0190. The number of benzene rings is 1. The summed E-state index contributed by atoms with van der Waals surface area (Å²) in [4.78, 5) is 34.4. The van der Waals surface area contributed by atoms with Crippen LogP contribution in [0.25, 0.3) is 0 Å². The summed E-state index contributed by atoms with van der Waals surface area (Å²) in [6.07, 6.45) is 2.48. The van der Waals surface area contributed by atoms with Crippen molar-refractivity contribution in [3.8, 4) is 0 Å². The number of carboxylic acid groups (broad SMARTS) is 2. The Labute approximate surface area is 127 Å². The van der Waals surface area contributed by atoms with E-state index < -0.39 is 23.8 Å². The molecule has 1 N–H and O–H groups in total. The third-order valence-electron chi connectivity index (χ3n) is 4.88. The van der Waals surface area contributed by atoms with Gasteiger partial charge >= 0.3 is 0 Å². The molecule has 1 aromatic carbocycles. The first-order chi connectivity index (χ1) is 10.5. The maximum atomic E-state index is 12.4. The van der Waals surface area contributed by atoms with Gasteiger partial charge in [0.15, 0.2) is 0 Å². The van der Waals surface area contributed by atoms with Crippen LogP contribution in [0, 0.1) is 23.7 Å². The van der Waals surface area contributed by atoms with Gasteiger partial charge in [0.25, 0.3) is 0 Å². The molecule has 1 aromatic rings. The number of amides is 1. The lowest BCUT2D eigenvalue weighted by atomic mass is 9.78. The van der Waals surface area contributed by atoms with Crippen LogP contribution in [0.1, 0.15) is 29.6 Å². The Morgan fingerprint density at radius 1 is 0.955 bits per heavy atom. The number of fused-ring (bicyclic) bond motifs is 2. The second-order valence-electron chi connectivity index (χ2n) is 6.06. The van der Waals surface area contributed by atoms with Crippen molar-refractivity contribution >= 4 is 23.5 Å². The molecule has 1 amide bonds. The number of hydrogen-bond donors (Lipinski definition) is 1. The average Bonchev–Trinajstić information content (AvgIpc) is 3.08. The lowest BCUT2D eigenvalue weighted by Crippen LogP contribution is -2.43. The van der Waals surface area contributed by atoms with Crippen LogP contribution < -0.4 is 15.5 Å². The molecular weight excluding hydrogens is 286 g/mol. The zero-order valence-corrected chi connectivity index (χ0v) is 11.8. The fraction of sp³-hybridized carbons (Fsp3) is 0.438. The molecule has 0 aromatic heterocycles. The predicted molar refractivity (Wildman–Crippen MR) is 72.2 cm³/mol. The minimum atomic E-state index is -1.29. The molecule has 0 aliphatic heterocycles. The van der Waals surface area contributed by atoms with E-state index in [1.165, 1.54) is 24.3 Å². The van der Waals surface area contributed by atoms with Crippen LogP contribution in [-0.2, 0) is 9.59 Å². The van der Waals surface area contributed by atoms with Crippen molar-refractivity contribution < 1.29 is 24.6 Å². The molecule has 4 atom stereocenters. The summed E-state index contributed by atoms with van der Waals surface area (Å²) in [6.45, 7) is 0. The lowest BCUT2D eigenvalue weighted by molar-refractivity contribution is -0.314. The lowest BCUT2D eigenvalue weighted by Gasteiger charge is -2.30. The van der Waals surface area contributed by atoms with E-state index in [4.69, 9.17) is 0 Å². The monoisotopic (exact) mass is 301 g/mol. The standard InChI is InChI=1S/C16H17NO5/c18-14(17-11-5-3-8(4-6-11)15(19)20)12-9-1-2-10(7-9)13(12)16(21)22/h3-6,9-10,12-13H,1-2,7H2,(H,17,18)(H,19,20)(H,21,22)/p-2. The van der Waals surface area contributed by atoms with Gasteiger partial charge in [0.05, 0.1) is 5.97 Å². The summed E-state index contributed by atoms with van der Waals surface area (Å²) < 4.78 is 0. The van der Waals surface area contributed by atoms with Gasteiger partial charge < -0.3 is 25.1 Å². The van der Waals surface area contributed by atoms with Crippen LogP contribution in [0.3, 0.4) is 0 Å². The Balaban J connectivity index is 1.73. The molecule has 2 bridgehead atoms. The van der Waals surface area contributed by atoms with Crippen LogP contribution >= 0.6 is 0 Å². The van der Waals surface area contributed by atoms with Crippen molar-refractivity contribution in [1.29, 1.82) is 0 Å². The van der Waals surface area contributed by atoms with Crippen molar-refractivity contribution in [3.63, 3.8) is 0 Å². The highest BCUT2D eigenvalue weighted by molar-refractivity contribution is 5.96. The summed E-state index contributed by atoms with van der Waals surface area (Å²) in [6, 6.07) is 5.60. The molecular formula is C16H15NO5-2. The van der Waals surface area contributed by atoms with Crippen molar-refractivity contribution in [2.24, 2.45) is 23.7 Å². The Morgan fingerprint density at radius 2 is 1.55 bits per heavy atom. The van der Waals surface area contributed by atoms with E-state index in [1.54, 1.807) is 0 Å². The SMILES string of the molecule is O=C([O-])c1ccc(NC(=O)C2C3CCC(C3)C2C(=O)[O-])cc1.